The Balaban J connectivity index is 2.22. The molecule has 0 bridgehead atoms. The SMILES string of the molecule is Fc1cccc(-c2nc3c(Br)cccc3[nH]2)c1. The molecule has 0 spiro atoms. The first kappa shape index (κ1) is 10.5. The lowest BCUT2D eigenvalue weighted by Gasteiger charge is -1.95. The smallest absolute Gasteiger partial charge is 0.138 e. The van der Waals surface area contributed by atoms with Crippen LogP contribution in [0.25, 0.3) is 22.4 Å². The summed E-state index contributed by atoms with van der Waals surface area (Å²) >= 11 is 3.44. The molecular weight excluding hydrogens is 283 g/mol. The fraction of sp³-hybridized carbons (Fsp3) is 0. The Bertz CT molecular complexity index is 691. The van der Waals surface area contributed by atoms with E-state index >= 15 is 0 Å². The third-order valence-electron chi connectivity index (χ3n) is 2.56. The van der Waals surface area contributed by atoms with Crippen molar-refractivity contribution in [2.24, 2.45) is 0 Å². The highest BCUT2D eigenvalue weighted by molar-refractivity contribution is 9.10. The zero-order valence-electron chi connectivity index (χ0n) is 8.74. The van der Waals surface area contributed by atoms with Crippen molar-refractivity contribution in [2.75, 3.05) is 0 Å². The maximum Gasteiger partial charge on any atom is 0.138 e. The van der Waals surface area contributed by atoms with Gasteiger partial charge in [-0.15, -0.1) is 0 Å². The fourth-order valence-electron chi connectivity index (χ4n) is 1.77. The molecule has 1 aromatic heterocycles. The summed E-state index contributed by atoms with van der Waals surface area (Å²) in [6.45, 7) is 0. The minimum Gasteiger partial charge on any atom is -0.338 e. The summed E-state index contributed by atoms with van der Waals surface area (Å²) in [4.78, 5) is 7.63. The number of benzene rings is 2. The predicted molar refractivity (Wildman–Crippen MR) is 69.2 cm³/mol. The normalized spacial score (nSPS) is 10.9. The van der Waals surface area contributed by atoms with Gasteiger partial charge in [-0.1, -0.05) is 18.2 Å². The molecule has 0 aliphatic heterocycles. The van der Waals surface area contributed by atoms with Gasteiger partial charge in [0.15, 0.2) is 0 Å². The molecule has 2 nitrogen and oxygen atoms in total. The molecule has 1 N–H and O–H groups in total. The molecule has 3 rings (SSSR count). The molecule has 3 aromatic rings. The van der Waals surface area contributed by atoms with Crippen LogP contribution in [0.3, 0.4) is 0 Å². The first-order valence-corrected chi connectivity index (χ1v) is 5.93. The van der Waals surface area contributed by atoms with E-state index in [0.29, 0.717) is 5.82 Å². The molecule has 0 unspecified atom stereocenters. The Morgan fingerprint density at radius 1 is 1.12 bits per heavy atom. The highest BCUT2D eigenvalue weighted by Crippen LogP contribution is 2.25. The Kier molecular flexibility index (Phi) is 2.44. The van der Waals surface area contributed by atoms with Crippen molar-refractivity contribution in [1.29, 1.82) is 0 Å². The average Bonchev–Trinajstić information content (AvgIpc) is 2.74. The summed E-state index contributed by atoms with van der Waals surface area (Å²) in [5, 5.41) is 0. The molecular formula is C13H8BrFN2. The van der Waals surface area contributed by atoms with Crippen molar-refractivity contribution in [3.63, 3.8) is 0 Å². The molecule has 0 aliphatic rings. The van der Waals surface area contributed by atoms with Gasteiger partial charge < -0.3 is 4.98 Å². The van der Waals surface area contributed by atoms with Gasteiger partial charge in [0, 0.05) is 10.0 Å². The van der Waals surface area contributed by atoms with E-state index < -0.39 is 0 Å². The molecule has 0 fully saturated rings. The Morgan fingerprint density at radius 2 is 1.94 bits per heavy atom. The number of hydrogen-bond acceptors (Lipinski definition) is 1. The molecule has 2 aromatic carbocycles. The molecule has 4 heteroatoms. The van der Waals surface area contributed by atoms with E-state index in [0.717, 1.165) is 21.1 Å². The maximum atomic E-state index is 13.1. The quantitative estimate of drug-likeness (QED) is 0.717. The monoisotopic (exact) mass is 290 g/mol. The number of imidazole rings is 1. The molecule has 0 aliphatic carbocycles. The summed E-state index contributed by atoms with van der Waals surface area (Å²) in [6.07, 6.45) is 0. The highest BCUT2D eigenvalue weighted by Gasteiger charge is 2.07. The van der Waals surface area contributed by atoms with Crippen LogP contribution in [0.2, 0.25) is 0 Å². The van der Waals surface area contributed by atoms with Crippen LogP contribution < -0.4 is 0 Å². The van der Waals surface area contributed by atoms with E-state index in [1.165, 1.54) is 12.1 Å². The zero-order valence-corrected chi connectivity index (χ0v) is 10.3. The summed E-state index contributed by atoms with van der Waals surface area (Å²) in [7, 11) is 0. The van der Waals surface area contributed by atoms with Gasteiger partial charge in [0.2, 0.25) is 0 Å². The predicted octanol–water partition coefficient (Wildman–Crippen LogP) is 4.13. The number of para-hydroxylation sites is 1. The van der Waals surface area contributed by atoms with E-state index in [1.807, 2.05) is 24.3 Å². The third-order valence-corrected chi connectivity index (χ3v) is 3.20. The van der Waals surface area contributed by atoms with Crippen LogP contribution >= 0.6 is 15.9 Å². The topological polar surface area (TPSA) is 28.7 Å². The molecule has 84 valence electrons. The van der Waals surface area contributed by atoms with Crippen molar-refractivity contribution in [1.82, 2.24) is 9.97 Å². The Labute approximate surface area is 106 Å². The van der Waals surface area contributed by atoms with Crippen LogP contribution in [-0.2, 0) is 0 Å². The van der Waals surface area contributed by atoms with E-state index in [4.69, 9.17) is 0 Å². The lowest BCUT2D eigenvalue weighted by atomic mass is 10.2. The Hall–Kier alpha value is -1.68. The van der Waals surface area contributed by atoms with Crippen LogP contribution in [0.15, 0.2) is 46.9 Å². The van der Waals surface area contributed by atoms with Crippen molar-refractivity contribution >= 4 is 27.0 Å². The van der Waals surface area contributed by atoms with Crippen LogP contribution in [0, 0.1) is 5.82 Å². The minimum absolute atomic E-state index is 0.262. The van der Waals surface area contributed by atoms with Crippen molar-refractivity contribution in [3.8, 4) is 11.4 Å². The third kappa shape index (κ3) is 1.85. The number of nitrogens with zero attached hydrogens (tertiary/aromatic N) is 1. The van der Waals surface area contributed by atoms with Crippen LogP contribution in [0.1, 0.15) is 0 Å². The molecule has 0 amide bonds. The summed E-state index contributed by atoms with van der Waals surface area (Å²) in [5.74, 6) is 0.411. The number of aromatic nitrogens is 2. The van der Waals surface area contributed by atoms with Gasteiger partial charge in [0.1, 0.15) is 17.2 Å². The van der Waals surface area contributed by atoms with Crippen LogP contribution in [0.5, 0.6) is 0 Å². The van der Waals surface area contributed by atoms with Gasteiger partial charge in [-0.05, 0) is 40.2 Å². The molecule has 17 heavy (non-hydrogen) atoms. The number of H-pyrrole nitrogens is 1. The highest BCUT2D eigenvalue weighted by atomic mass is 79.9. The lowest BCUT2D eigenvalue weighted by Crippen LogP contribution is -1.81. The second-order valence-corrected chi connectivity index (χ2v) is 4.59. The summed E-state index contributed by atoms with van der Waals surface area (Å²) in [6, 6.07) is 12.2. The second-order valence-electron chi connectivity index (χ2n) is 3.73. The fourth-order valence-corrected chi connectivity index (χ4v) is 2.22. The van der Waals surface area contributed by atoms with E-state index in [1.54, 1.807) is 6.07 Å². The second kappa shape index (κ2) is 3.96. The standard InChI is InChI=1S/C13H8BrFN2/c14-10-5-2-6-11-12(10)17-13(16-11)8-3-1-4-9(15)7-8/h1-7H,(H,16,17). The number of fused-ring (bicyclic) bond motifs is 1. The van der Waals surface area contributed by atoms with E-state index in [9.17, 15) is 4.39 Å². The molecule has 0 saturated heterocycles. The maximum absolute atomic E-state index is 13.1. The van der Waals surface area contributed by atoms with Crippen LogP contribution in [-0.4, -0.2) is 9.97 Å². The summed E-state index contributed by atoms with van der Waals surface area (Å²) in [5.41, 5.74) is 2.53. The van der Waals surface area contributed by atoms with Gasteiger partial charge >= 0.3 is 0 Å². The van der Waals surface area contributed by atoms with Crippen molar-refractivity contribution in [3.05, 3.63) is 52.8 Å². The molecule has 0 radical (unpaired) electrons. The largest absolute Gasteiger partial charge is 0.338 e. The summed E-state index contributed by atoms with van der Waals surface area (Å²) < 4.78 is 14.1. The van der Waals surface area contributed by atoms with Crippen molar-refractivity contribution in [2.45, 2.75) is 0 Å². The van der Waals surface area contributed by atoms with E-state index in [2.05, 4.69) is 25.9 Å². The molecule has 0 saturated carbocycles. The Morgan fingerprint density at radius 3 is 2.71 bits per heavy atom. The number of halogens is 2. The van der Waals surface area contributed by atoms with Crippen LogP contribution in [0.4, 0.5) is 4.39 Å². The van der Waals surface area contributed by atoms with Gasteiger partial charge in [-0.25, -0.2) is 9.37 Å². The molecule has 0 atom stereocenters. The average molecular weight is 291 g/mol. The number of hydrogen-bond donors (Lipinski definition) is 1. The van der Waals surface area contributed by atoms with Crippen molar-refractivity contribution < 1.29 is 4.39 Å². The lowest BCUT2D eigenvalue weighted by molar-refractivity contribution is 0.628. The van der Waals surface area contributed by atoms with E-state index in [-0.39, 0.29) is 5.82 Å². The van der Waals surface area contributed by atoms with Gasteiger partial charge in [-0.2, -0.15) is 0 Å². The first-order valence-electron chi connectivity index (χ1n) is 5.14. The number of rotatable bonds is 1. The zero-order chi connectivity index (χ0) is 11.8. The number of nitrogens with one attached hydrogen (secondary N) is 1. The number of aromatic amines is 1. The minimum atomic E-state index is -0.262. The van der Waals surface area contributed by atoms with Gasteiger partial charge in [-0.3, -0.25) is 0 Å². The molecule has 1 heterocycles. The first-order chi connectivity index (χ1) is 8.24. The van der Waals surface area contributed by atoms with Gasteiger partial charge in [0.05, 0.1) is 5.52 Å². The van der Waals surface area contributed by atoms with Gasteiger partial charge in [0.25, 0.3) is 0 Å².